The topological polar surface area (TPSA) is 72.5 Å². The van der Waals surface area contributed by atoms with E-state index in [4.69, 9.17) is 4.74 Å². The summed E-state index contributed by atoms with van der Waals surface area (Å²) in [4.78, 5) is 11.9. The molecule has 0 heterocycles. The maximum Gasteiger partial charge on any atom is 0.238 e. The second kappa shape index (κ2) is 7.34. The van der Waals surface area contributed by atoms with Gasteiger partial charge in [0.05, 0.1) is 11.8 Å². The van der Waals surface area contributed by atoms with Crippen molar-refractivity contribution in [3.63, 3.8) is 0 Å². The number of hydrogen-bond acceptors (Lipinski definition) is 4. The Bertz CT molecular complexity index is 667. The van der Waals surface area contributed by atoms with Gasteiger partial charge in [0.1, 0.15) is 17.6 Å². The fraction of sp³-hybridized carbons (Fsp3) is 0.588. The zero-order valence-electron chi connectivity index (χ0n) is 14.0. The monoisotopic (exact) mass is 339 g/mol. The number of ether oxygens (including phenoxy) is 1. The highest BCUT2D eigenvalue weighted by Gasteiger charge is 2.30. The summed E-state index contributed by atoms with van der Waals surface area (Å²) < 4.78 is 29.5. The van der Waals surface area contributed by atoms with Crippen LogP contribution in [0.4, 0.5) is 0 Å². The van der Waals surface area contributed by atoms with Gasteiger partial charge in [-0.3, -0.25) is 4.79 Å². The fourth-order valence-corrected chi connectivity index (χ4v) is 3.88. The zero-order valence-corrected chi connectivity index (χ0v) is 14.8. The van der Waals surface area contributed by atoms with Crippen molar-refractivity contribution >= 4 is 15.7 Å². The molecule has 0 bridgehead atoms. The molecule has 1 amide bonds. The lowest BCUT2D eigenvalue weighted by Gasteiger charge is -2.16. The number of rotatable bonds is 7. The van der Waals surface area contributed by atoms with E-state index in [2.05, 4.69) is 17.4 Å². The maximum absolute atomic E-state index is 11.9. The van der Waals surface area contributed by atoms with Crippen LogP contribution in [0, 0.1) is 0 Å². The van der Waals surface area contributed by atoms with Crippen LogP contribution in [-0.4, -0.2) is 38.0 Å². The van der Waals surface area contributed by atoms with E-state index in [0.717, 1.165) is 18.6 Å². The summed E-state index contributed by atoms with van der Waals surface area (Å²) in [6, 6.07) is 6.08. The van der Waals surface area contributed by atoms with Gasteiger partial charge in [-0.25, -0.2) is 8.42 Å². The molecule has 0 unspecified atom stereocenters. The first kappa shape index (κ1) is 17.8. The van der Waals surface area contributed by atoms with Gasteiger partial charge in [0.2, 0.25) is 5.91 Å². The van der Waals surface area contributed by atoms with Crippen molar-refractivity contribution in [3.8, 4) is 5.75 Å². The van der Waals surface area contributed by atoms with Gasteiger partial charge in [-0.05, 0) is 63.3 Å². The summed E-state index contributed by atoms with van der Waals surface area (Å²) in [5.41, 5.74) is 2.72. The highest BCUT2D eigenvalue weighted by Crippen LogP contribution is 2.25. The number of sulfone groups is 1. The van der Waals surface area contributed by atoms with E-state index < -0.39 is 26.2 Å². The third-order valence-electron chi connectivity index (χ3n) is 4.26. The third kappa shape index (κ3) is 4.25. The Morgan fingerprint density at radius 3 is 2.61 bits per heavy atom. The number of fused-ring (bicyclic) bond motifs is 1. The van der Waals surface area contributed by atoms with E-state index in [1.165, 1.54) is 24.5 Å². The molecular weight excluding hydrogens is 314 g/mol. The predicted octanol–water partition coefficient (Wildman–Crippen LogP) is 1.88. The molecule has 0 aromatic heterocycles. The molecule has 23 heavy (non-hydrogen) atoms. The van der Waals surface area contributed by atoms with Crippen molar-refractivity contribution in [2.24, 2.45) is 0 Å². The quantitative estimate of drug-likeness (QED) is 0.770. The number of hydrogen-bond donors (Lipinski definition) is 1. The van der Waals surface area contributed by atoms with Crippen molar-refractivity contribution in [1.29, 1.82) is 0 Å². The molecule has 0 spiro atoms. The Morgan fingerprint density at radius 2 is 1.91 bits per heavy atom. The molecule has 1 aliphatic rings. The number of amides is 1. The van der Waals surface area contributed by atoms with Gasteiger partial charge >= 0.3 is 0 Å². The Hall–Kier alpha value is -1.56. The molecule has 1 aromatic rings. The van der Waals surface area contributed by atoms with E-state index >= 15 is 0 Å². The fourth-order valence-electron chi connectivity index (χ4n) is 2.68. The van der Waals surface area contributed by atoms with Crippen LogP contribution >= 0.6 is 0 Å². The van der Waals surface area contributed by atoms with Crippen LogP contribution in [0.3, 0.4) is 0 Å². The second-order valence-electron chi connectivity index (χ2n) is 6.20. The molecule has 128 valence electrons. The highest BCUT2D eigenvalue weighted by atomic mass is 32.2. The van der Waals surface area contributed by atoms with Crippen molar-refractivity contribution in [2.75, 3.05) is 13.2 Å². The van der Waals surface area contributed by atoms with Gasteiger partial charge in [-0.1, -0.05) is 6.07 Å². The normalized spacial score (nSPS) is 15.3. The number of nitrogens with one attached hydrogen (secondary N) is 1. The molecule has 5 nitrogen and oxygen atoms in total. The van der Waals surface area contributed by atoms with Crippen molar-refractivity contribution in [3.05, 3.63) is 29.3 Å². The number of benzene rings is 1. The lowest BCUT2D eigenvalue weighted by molar-refractivity contribution is -0.120. The van der Waals surface area contributed by atoms with E-state index in [0.29, 0.717) is 6.61 Å². The molecule has 0 saturated carbocycles. The summed E-state index contributed by atoms with van der Waals surface area (Å²) in [7, 11) is -3.43. The van der Waals surface area contributed by atoms with Crippen LogP contribution in [0.15, 0.2) is 18.2 Å². The van der Waals surface area contributed by atoms with Gasteiger partial charge in [0, 0.05) is 0 Å². The smallest absolute Gasteiger partial charge is 0.238 e. The summed E-state index contributed by atoms with van der Waals surface area (Å²) in [6.45, 7) is 5.19. The second-order valence-corrected chi connectivity index (χ2v) is 9.03. The molecule has 1 N–H and O–H groups in total. The van der Waals surface area contributed by atoms with E-state index in [9.17, 15) is 13.2 Å². The number of carbonyl (C=O) groups excluding carboxylic acids is 1. The van der Waals surface area contributed by atoms with Crippen LogP contribution in [0.2, 0.25) is 0 Å². The van der Waals surface area contributed by atoms with Crippen LogP contribution in [0.25, 0.3) is 0 Å². The average Bonchev–Trinajstić information content (AvgIpc) is 2.97. The van der Waals surface area contributed by atoms with Gasteiger partial charge in [0.15, 0.2) is 9.84 Å². The van der Waals surface area contributed by atoms with Crippen LogP contribution < -0.4 is 10.1 Å². The van der Waals surface area contributed by atoms with Gasteiger partial charge in [0.25, 0.3) is 0 Å². The minimum Gasteiger partial charge on any atom is -0.492 e. The molecule has 1 atom stereocenters. The Balaban J connectivity index is 1.78. The molecule has 0 aliphatic heterocycles. The first-order chi connectivity index (χ1) is 10.8. The molecule has 2 rings (SSSR count). The highest BCUT2D eigenvalue weighted by molar-refractivity contribution is 7.93. The lowest BCUT2D eigenvalue weighted by atomic mass is 10.1. The summed E-state index contributed by atoms with van der Waals surface area (Å²) in [5.74, 6) is 0.319. The number of carbonyl (C=O) groups is 1. The molecule has 0 saturated heterocycles. The Morgan fingerprint density at radius 1 is 1.22 bits per heavy atom. The molecule has 0 fully saturated rings. The first-order valence-electron chi connectivity index (χ1n) is 8.07. The summed E-state index contributed by atoms with van der Waals surface area (Å²) in [5, 5.41) is 1.02. The van der Waals surface area contributed by atoms with Gasteiger partial charge in [-0.15, -0.1) is 0 Å². The lowest BCUT2D eigenvalue weighted by Crippen LogP contribution is -2.42. The molecule has 0 radical (unpaired) electrons. The predicted molar refractivity (Wildman–Crippen MR) is 90.5 cm³/mol. The SMILES string of the molecule is CC(C)S(=O)(=O)[C@@H](C)C(=O)NCCOc1ccc2c(c1)CCC2. The van der Waals surface area contributed by atoms with Crippen LogP contribution in [0.1, 0.15) is 38.3 Å². The standard InChI is InChI=1S/C17H25NO4S/c1-12(2)23(20,21)13(3)17(19)18-9-10-22-16-8-7-14-5-4-6-15(14)11-16/h7-8,11-13H,4-6,9-10H2,1-3H3,(H,18,19)/t13-/m0/s1. The summed E-state index contributed by atoms with van der Waals surface area (Å²) >= 11 is 0. The molecule has 6 heteroatoms. The summed E-state index contributed by atoms with van der Waals surface area (Å²) in [6.07, 6.45) is 3.42. The van der Waals surface area contributed by atoms with E-state index in [1.807, 2.05) is 6.07 Å². The van der Waals surface area contributed by atoms with Crippen molar-refractivity contribution in [2.45, 2.75) is 50.5 Å². The van der Waals surface area contributed by atoms with E-state index in [-0.39, 0.29) is 6.54 Å². The minimum absolute atomic E-state index is 0.286. The third-order valence-corrected chi connectivity index (χ3v) is 6.77. The molecular formula is C17H25NO4S. The average molecular weight is 339 g/mol. The van der Waals surface area contributed by atoms with Gasteiger partial charge in [-0.2, -0.15) is 0 Å². The minimum atomic E-state index is -3.43. The van der Waals surface area contributed by atoms with E-state index in [1.54, 1.807) is 13.8 Å². The molecule has 1 aromatic carbocycles. The Kier molecular flexibility index (Phi) is 5.68. The van der Waals surface area contributed by atoms with Crippen LogP contribution in [-0.2, 0) is 27.5 Å². The van der Waals surface area contributed by atoms with Crippen LogP contribution in [0.5, 0.6) is 5.75 Å². The van der Waals surface area contributed by atoms with Gasteiger partial charge < -0.3 is 10.1 Å². The first-order valence-corrected chi connectivity index (χ1v) is 9.68. The maximum atomic E-state index is 11.9. The van der Waals surface area contributed by atoms with Crippen molar-refractivity contribution in [1.82, 2.24) is 5.32 Å². The molecule has 1 aliphatic carbocycles. The Labute approximate surface area is 138 Å². The van der Waals surface area contributed by atoms with Crippen molar-refractivity contribution < 1.29 is 17.9 Å². The largest absolute Gasteiger partial charge is 0.492 e. The number of aryl methyl sites for hydroxylation is 2. The zero-order chi connectivity index (χ0) is 17.0.